The Hall–Kier alpha value is -2.55. The molecule has 7 nitrogen and oxygen atoms in total. The number of benzene rings is 2. The highest BCUT2D eigenvalue weighted by Crippen LogP contribution is 2.40. The minimum Gasteiger partial charge on any atom is -0.495 e. The van der Waals surface area contributed by atoms with Gasteiger partial charge < -0.3 is 19.1 Å². The largest absolute Gasteiger partial charge is 0.495 e. The van der Waals surface area contributed by atoms with Gasteiger partial charge in [-0.25, -0.2) is 4.98 Å². The Morgan fingerprint density at radius 1 is 1.03 bits per heavy atom. The van der Waals surface area contributed by atoms with E-state index in [1.165, 1.54) is 11.3 Å². The van der Waals surface area contributed by atoms with E-state index < -0.39 is 0 Å². The Balaban J connectivity index is 1.88. The van der Waals surface area contributed by atoms with Crippen molar-refractivity contribution in [2.45, 2.75) is 0 Å². The van der Waals surface area contributed by atoms with Gasteiger partial charge in [0.05, 0.1) is 14.2 Å². The van der Waals surface area contributed by atoms with Crippen LogP contribution in [0.4, 0.5) is 5.13 Å². The second-order valence-corrected chi connectivity index (χ2v) is 8.15. The second-order valence-electron chi connectivity index (χ2n) is 6.74. The SMILES string of the molecule is COc1ccc(OC)c2sc(N(CCN(C)C)C(=O)COc3ccc(Cl)cc3)nc12. The van der Waals surface area contributed by atoms with E-state index in [4.69, 9.17) is 25.8 Å². The maximum absolute atomic E-state index is 13.0. The number of rotatable bonds is 9. The minimum absolute atomic E-state index is 0.112. The highest BCUT2D eigenvalue weighted by molar-refractivity contribution is 7.22. The number of hydrogen-bond acceptors (Lipinski definition) is 7. The van der Waals surface area contributed by atoms with Crippen molar-refractivity contribution in [3.05, 3.63) is 41.4 Å². The summed E-state index contributed by atoms with van der Waals surface area (Å²) in [5, 5.41) is 1.18. The first-order valence-electron chi connectivity index (χ1n) is 9.28. The standard InChI is InChI=1S/C21H24ClN3O4S/c1-24(2)11-12-25(18(26)13-29-15-7-5-14(22)6-8-15)21-23-19-16(27-3)9-10-17(28-4)20(19)30-21/h5-10H,11-13H2,1-4H3. The molecule has 1 heterocycles. The van der Waals surface area contributed by atoms with Crippen LogP contribution in [0.15, 0.2) is 36.4 Å². The van der Waals surface area contributed by atoms with E-state index in [0.717, 1.165) is 4.70 Å². The Morgan fingerprint density at radius 3 is 2.33 bits per heavy atom. The molecule has 9 heteroatoms. The number of amides is 1. The monoisotopic (exact) mass is 449 g/mol. The van der Waals surface area contributed by atoms with Gasteiger partial charge in [-0.15, -0.1) is 0 Å². The van der Waals surface area contributed by atoms with Crippen LogP contribution in [0.25, 0.3) is 10.2 Å². The van der Waals surface area contributed by atoms with E-state index in [1.807, 2.05) is 25.1 Å². The number of aromatic nitrogens is 1. The number of fused-ring (bicyclic) bond motifs is 1. The molecule has 0 spiro atoms. The molecule has 0 unspecified atom stereocenters. The van der Waals surface area contributed by atoms with Crippen LogP contribution in [-0.4, -0.2) is 63.8 Å². The molecule has 3 rings (SSSR count). The molecule has 0 atom stereocenters. The number of likely N-dealkylation sites (N-methyl/N-ethyl adjacent to an activating group) is 1. The first-order valence-corrected chi connectivity index (χ1v) is 10.5. The number of halogens is 1. The highest BCUT2D eigenvalue weighted by Gasteiger charge is 2.23. The van der Waals surface area contributed by atoms with Crippen LogP contribution in [0.3, 0.4) is 0 Å². The molecule has 0 saturated carbocycles. The summed E-state index contributed by atoms with van der Waals surface area (Å²) >= 11 is 7.29. The third-order valence-electron chi connectivity index (χ3n) is 4.38. The van der Waals surface area contributed by atoms with E-state index in [0.29, 0.717) is 46.0 Å². The quantitative estimate of drug-likeness (QED) is 0.493. The molecular formula is C21H24ClN3O4S. The smallest absolute Gasteiger partial charge is 0.266 e. The molecule has 3 aromatic rings. The molecule has 0 bridgehead atoms. The summed E-state index contributed by atoms with van der Waals surface area (Å²) in [6.45, 7) is 1.04. The van der Waals surface area contributed by atoms with Crippen LogP contribution in [0.5, 0.6) is 17.2 Å². The lowest BCUT2D eigenvalue weighted by molar-refractivity contribution is -0.120. The normalized spacial score (nSPS) is 11.0. The van der Waals surface area contributed by atoms with E-state index in [-0.39, 0.29) is 12.5 Å². The van der Waals surface area contributed by atoms with Crippen molar-refractivity contribution >= 4 is 44.2 Å². The molecule has 0 aliphatic heterocycles. The molecule has 0 radical (unpaired) electrons. The summed E-state index contributed by atoms with van der Waals surface area (Å²) in [6, 6.07) is 10.5. The molecule has 0 aliphatic carbocycles. The molecule has 2 aromatic carbocycles. The van der Waals surface area contributed by atoms with Crippen LogP contribution in [0, 0.1) is 0 Å². The van der Waals surface area contributed by atoms with Gasteiger partial charge in [-0.3, -0.25) is 9.69 Å². The predicted molar refractivity (Wildman–Crippen MR) is 121 cm³/mol. The fraction of sp³-hybridized carbons (Fsp3) is 0.333. The van der Waals surface area contributed by atoms with Crippen LogP contribution < -0.4 is 19.1 Å². The second kappa shape index (κ2) is 9.97. The topological polar surface area (TPSA) is 64.1 Å². The van der Waals surface area contributed by atoms with Gasteiger partial charge in [0.25, 0.3) is 5.91 Å². The lowest BCUT2D eigenvalue weighted by Gasteiger charge is -2.22. The summed E-state index contributed by atoms with van der Waals surface area (Å²) in [4.78, 5) is 21.4. The van der Waals surface area contributed by atoms with Crippen molar-refractivity contribution in [3.8, 4) is 17.2 Å². The molecule has 0 N–H and O–H groups in total. The highest BCUT2D eigenvalue weighted by atomic mass is 35.5. The van der Waals surface area contributed by atoms with Gasteiger partial charge >= 0.3 is 0 Å². The van der Waals surface area contributed by atoms with Gasteiger partial charge in [0.2, 0.25) is 0 Å². The first kappa shape index (κ1) is 22.1. The lowest BCUT2D eigenvalue weighted by atomic mass is 10.3. The molecule has 0 saturated heterocycles. The molecule has 160 valence electrons. The third-order valence-corrected chi connectivity index (χ3v) is 5.72. The van der Waals surface area contributed by atoms with Gasteiger partial charge in [-0.1, -0.05) is 22.9 Å². The minimum atomic E-state index is -0.191. The van der Waals surface area contributed by atoms with Crippen LogP contribution in [-0.2, 0) is 4.79 Å². The van der Waals surface area contributed by atoms with E-state index in [2.05, 4.69) is 4.98 Å². The Bertz CT molecular complexity index is 966. The fourth-order valence-electron chi connectivity index (χ4n) is 2.77. The zero-order valence-electron chi connectivity index (χ0n) is 17.3. The van der Waals surface area contributed by atoms with Gasteiger partial charge in [-0.05, 0) is 50.5 Å². The van der Waals surface area contributed by atoms with E-state index >= 15 is 0 Å². The number of thiazole rings is 1. The third kappa shape index (κ3) is 5.13. The van der Waals surface area contributed by atoms with Crippen LogP contribution in [0.1, 0.15) is 0 Å². The Morgan fingerprint density at radius 2 is 1.70 bits per heavy atom. The molecule has 30 heavy (non-hydrogen) atoms. The van der Waals surface area contributed by atoms with Gasteiger partial charge in [0.1, 0.15) is 27.5 Å². The molecule has 0 aliphatic rings. The predicted octanol–water partition coefficient (Wildman–Crippen LogP) is 3.94. The number of nitrogens with zero attached hydrogens (tertiary/aromatic N) is 3. The Kier molecular flexibility index (Phi) is 7.36. The van der Waals surface area contributed by atoms with Crippen molar-refractivity contribution in [3.63, 3.8) is 0 Å². The number of carbonyl (C=O) groups is 1. The zero-order valence-corrected chi connectivity index (χ0v) is 18.9. The first-order chi connectivity index (χ1) is 14.4. The number of hydrogen-bond donors (Lipinski definition) is 0. The summed E-state index contributed by atoms with van der Waals surface area (Å²) in [5.41, 5.74) is 0.665. The number of carbonyl (C=O) groups excluding carboxylic acids is 1. The molecular weight excluding hydrogens is 426 g/mol. The molecule has 1 aromatic heterocycles. The van der Waals surface area contributed by atoms with Crippen molar-refractivity contribution < 1.29 is 19.0 Å². The van der Waals surface area contributed by atoms with E-state index in [9.17, 15) is 4.79 Å². The van der Waals surface area contributed by atoms with Gasteiger partial charge in [0.15, 0.2) is 11.7 Å². The fourth-order valence-corrected chi connectivity index (χ4v) is 4.01. The number of anilines is 1. The lowest BCUT2D eigenvalue weighted by Crippen LogP contribution is -2.39. The number of ether oxygens (including phenoxy) is 3. The van der Waals surface area contributed by atoms with Gasteiger partial charge in [-0.2, -0.15) is 0 Å². The van der Waals surface area contributed by atoms with Crippen LogP contribution in [0.2, 0.25) is 5.02 Å². The van der Waals surface area contributed by atoms with Crippen molar-refractivity contribution in [1.82, 2.24) is 9.88 Å². The Labute approximate surface area is 184 Å². The average Bonchev–Trinajstić information content (AvgIpc) is 3.17. The van der Waals surface area contributed by atoms with Crippen molar-refractivity contribution in [2.75, 3.05) is 52.9 Å². The zero-order chi connectivity index (χ0) is 21.7. The maximum Gasteiger partial charge on any atom is 0.266 e. The van der Waals surface area contributed by atoms with Crippen LogP contribution >= 0.6 is 22.9 Å². The molecule has 1 amide bonds. The van der Waals surface area contributed by atoms with Gasteiger partial charge in [0, 0.05) is 18.1 Å². The number of methoxy groups -OCH3 is 2. The summed E-state index contributed by atoms with van der Waals surface area (Å²) < 4.78 is 17.4. The van der Waals surface area contributed by atoms with Crippen molar-refractivity contribution in [2.24, 2.45) is 0 Å². The summed E-state index contributed by atoms with van der Waals surface area (Å²) in [5.74, 6) is 1.70. The molecule has 0 fully saturated rings. The maximum atomic E-state index is 13.0. The average molecular weight is 450 g/mol. The summed E-state index contributed by atoms with van der Waals surface area (Å²) in [7, 11) is 7.11. The van der Waals surface area contributed by atoms with Crippen molar-refractivity contribution in [1.29, 1.82) is 0 Å². The van der Waals surface area contributed by atoms with E-state index in [1.54, 1.807) is 49.5 Å². The summed E-state index contributed by atoms with van der Waals surface area (Å²) in [6.07, 6.45) is 0.